The number of likely N-dealkylation sites (N-methyl/N-ethyl adjacent to an activating group) is 4. The van der Waals surface area contributed by atoms with Gasteiger partial charge in [0.05, 0.1) is 84.9 Å². The van der Waals surface area contributed by atoms with Crippen molar-refractivity contribution < 1.29 is 44.8 Å². The van der Waals surface area contributed by atoms with E-state index in [9.17, 15) is 0 Å². The van der Waals surface area contributed by atoms with E-state index in [0.29, 0.717) is 38.8 Å². The predicted octanol–water partition coefficient (Wildman–Crippen LogP) is -0.961. The van der Waals surface area contributed by atoms with Crippen LogP contribution in [0, 0.1) is 11.3 Å². The fourth-order valence-corrected chi connectivity index (χ4v) is 5.09. The van der Waals surface area contributed by atoms with E-state index in [-0.39, 0.29) is 45.1 Å². The van der Waals surface area contributed by atoms with Gasteiger partial charge in [-0.25, -0.2) is 0 Å². The number of aliphatic hydroxyl groups is 6. The number of nitrogens with two attached hydrogens (primary N) is 3. The van der Waals surface area contributed by atoms with Crippen molar-refractivity contribution in [1.82, 2.24) is 29.8 Å². The zero-order valence-corrected chi connectivity index (χ0v) is 41.5. The minimum atomic E-state index is -0.582. The Morgan fingerprint density at radius 2 is 1.16 bits per heavy atom. The first kappa shape index (κ1) is 69.3. The molecule has 2 rings (SSSR count). The molecule has 2 heterocycles. The van der Waals surface area contributed by atoms with Crippen molar-refractivity contribution in [2.24, 2.45) is 28.5 Å². The van der Waals surface area contributed by atoms with Crippen LogP contribution in [0.3, 0.4) is 0 Å². The highest BCUT2D eigenvalue weighted by atomic mass is 16.5. The van der Waals surface area contributed by atoms with Crippen molar-refractivity contribution in [3.8, 4) is 0 Å². The molecule has 2 aliphatic heterocycles. The summed E-state index contributed by atoms with van der Waals surface area (Å²) in [6.45, 7) is 33.2. The lowest BCUT2D eigenvalue weighted by atomic mass is 9.69. The Balaban J connectivity index is -0.000000202. The van der Waals surface area contributed by atoms with Gasteiger partial charge in [0.25, 0.3) is 0 Å². The van der Waals surface area contributed by atoms with Crippen molar-refractivity contribution in [3.63, 3.8) is 0 Å². The molecule has 2 saturated heterocycles. The highest BCUT2D eigenvalue weighted by molar-refractivity contribution is 4.92. The van der Waals surface area contributed by atoms with Gasteiger partial charge in [-0.15, -0.1) is 0 Å². The first-order chi connectivity index (χ1) is 28.9. The van der Waals surface area contributed by atoms with Gasteiger partial charge in [0.15, 0.2) is 0 Å². The normalized spacial score (nSPS) is 15.0. The van der Waals surface area contributed by atoms with Crippen LogP contribution in [0.15, 0.2) is 0 Å². The van der Waals surface area contributed by atoms with E-state index < -0.39 is 5.66 Å². The van der Waals surface area contributed by atoms with Crippen molar-refractivity contribution in [1.29, 1.82) is 0 Å². The number of ether oxygens (including phenoxy) is 3. The maximum Gasteiger partial charge on any atom is 0.0698 e. The van der Waals surface area contributed by atoms with Crippen molar-refractivity contribution in [3.05, 3.63) is 0 Å². The molecule has 2 aliphatic rings. The topological polar surface area (TPSA) is 255 Å². The van der Waals surface area contributed by atoms with Crippen LogP contribution in [0.25, 0.3) is 0 Å². The number of rotatable bonds is 24. The molecule has 2 fully saturated rings. The monoisotopic (exact) mass is 892 g/mol. The van der Waals surface area contributed by atoms with E-state index in [1.165, 1.54) is 12.8 Å². The van der Waals surface area contributed by atoms with E-state index in [2.05, 4.69) is 61.6 Å². The summed E-state index contributed by atoms with van der Waals surface area (Å²) in [5.74, 6) is 0.572. The summed E-state index contributed by atoms with van der Waals surface area (Å²) in [5.41, 5.74) is 16.7. The largest absolute Gasteiger partial charge is 0.395 e. The summed E-state index contributed by atoms with van der Waals surface area (Å²) in [5, 5.41) is 52.7. The molecule has 0 radical (unpaired) electrons. The van der Waals surface area contributed by atoms with Crippen molar-refractivity contribution in [2.45, 2.75) is 73.4 Å². The molecule has 1 atom stereocenters. The fraction of sp³-hybridized carbons (Fsp3) is 1.00. The Labute approximate surface area is 375 Å². The van der Waals surface area contributed by atoms with Crippen molar-refractivity contribution >= 4 is 0 Å². The molecule has 0 aromatic heterocycles. The molecule has 1 unspecified atom stereocenters. The maximum atomic E-state index is 8.54. The molecule has 18 nitrogen and oxygen atoms in total. The fourth-order valence-electron chi connectivity index (χ4n) is 5.09. The maximum absolute atomic E-state index is 8.54. The standard InChI is InChI=1S/C10H24N2.C7H16N2O.C6H13NO2.C6H15NO2.C6H15NO.C5H13NO2.C3H9NO/c1-6-7-8(2)9(3,4)10(5,11)12;8-2-1-3-9-4-6-10-7-5-9;8-4-1-7-2-5-9-6-3-7;1-7(2)3-5-9-6-4-8;1-3-7(4-2)5-6-8;1-6(2-4-7)3-5-8;1-4-2-3-5/h8H,6-7,11-12H2,1-5H3;1-8H2;8H,1-6H2;8H,3-6H2,1-2H3;8H,3-6H2,1-2H3;7-8H,2-5H2,1H3;4-5H,2-3H2,1H3. The quantitative estimate of drug-likeness (QED) is 0.0414. The molecule has 0 bridgehead atoms. The van der Waals surface area contributed by atoms with Crippen LogP contribution in [0.4, 0.5) is 0 Å². The Bertz CT molecular complexity index is 782. The summed E-state index contributed by atoms with van der Waals surface area (Å²) in [7, 11) is 7.63. The number of aliphatic hydroxyl groups excluding tert-OH is 6. The number of β-amino-alcohol motifs (C(OH)–C–C–N with tert-alkyl or cyclic N) is 1. The lowest BCUT2D eigenvalue weighted by molar-refractivity contribution is 0.0306. The van der Waals surface area contributed by atoms with Crippen LogP contribution in [0.2, 0.25) is 0 Å². The van der Waals surface area contributed by atoms with Crippen LogP contribution in [0.1, 0.15) is 67.7 Å². The summed E-state index contributed by atoms with van der Waals surface area (Å²) < 4.78 is 15.3. The van der Waals surface area contributed by atoms with Crippen LogP contribution >= 0.6 is 0 Å². The zero-order valence-electron chi connectivity index (χ0n) is 41.5. The molecule has 61 heavy (non-hydrogen) atoms. The Hall–Kier alpha value is -0.720. The average molecular weight is 892 g/mol. The van der Waals surface area contributed by atoms with Gasteiger partial charge >= 0.3 is 0 Å². The van der Waals surface area contributed by atoms with Crippen molar-refractivity contribution in [2.75, 3.05) is 199 Å². The first-order valence-electron chi connectivity index (χ1n) is 22.8. The van der Waals surface area contributed by atoms with Gasteiger partial charge in [-0.1, -0.05) is 54.4 Å². The number of nitrogens with zero attached hydrogens (tertiary/aromatic N) is 5. The third kappa shape index (κ3) is 51.8. The van der Waals surface area contributed by atoms with Gasteiger partial charge in [-0.05, 0) is 79.0 Å². The number of hydrogen-bond acceptors (Lipinski definition) is 18. The summed E-state index contributed by atoms with van der Waals surface area (Å²) in [6.07, 6.45) is 3.50. The summed E-state index contributed by atoms with van der Waals surface area (Å²) in [6, 6.07) is 0. The molecule has 376 valence electrons. The molecule has 0 saturated carbocycles. The molecule has 0 aliphatic carbocycles. The third-order valence-corrected chi connectivity index (χ3v) is 10.2. The summed E-state index contributed by atoms with van der Waals surface area (Å²) in [4.78, 5) is 10.7. The molecular formula is C43H105N9O9. The lowest BCUT2D eigenvalue weighted by Crippen LogP contribution is -2.60. The van der Waals surface area contributed by atoms with Gasteiger partial charge in [0.1, 0.15) is 0 Å². The highest BCUT2D eigenvalue weighted by Gasteiger charge is 2.38. The number of morpholine rings is 2. The van der Waals surface area contributed by atoms with E-state index in [1.807, 2.05) is 37.9 Å². The van der Waals surface area contributed by atoms with E-state index in [0.717, 1.165) is 105 Å². The SMILES string of the molecule is CCCC(C)C(C)(C)C(C)(N)N.CCN(CC)CCO.CN(C)CCOCCO.CN(CCO)CCO.CNCCO.NCCCN1CCOCC1.OCCN1CCOCC1. The van der Waals surface area contributed by atoms with Crippen LogP contribution < -0.4 is 22.5 Å². The molecule has 13 N–H and O–H groups in total. The van der Waals surface area contributed by atoms with Crippen LogP contribution in [0.5, 0.6) is 0 Å². The first-order valence-corrected chi connectivity index (χ1v) is 22.8. The number of nitrogens with one attached hydrogen (secondary N) is 1. The Morgan fingerprint density at radius 1 is 0.689 bits per heavy atom. The second-order valence-corrected chi connectivity index (χ2v) is 15.9. The predicted molar refractivity (Wildman–Crippen MR) is 254 cm³/mol. The van der Waals surface area contributed by atoms with Gasteiger partial charge in [0.2, 0.25) is 0 Å². The van der Waals surface area contributed by atoms with Gasteiger partial charge < -0.3 is 82.1 Å². The molecule has 0 amide bonds. The second-order valence-electron chi connectivity index (χ2n) is 15.9. The smallest absolute Gasteiger partial charge is 0.0698 e. The average Bonchev–Trinajstić information content (AvgIpc) is 3.23. The molecule has 0 aromatic rings. The van der Waals surface area contributed by atoms with Gasteiger partial charge in [-0.2, -0.15) is 0 Å². The van der Waals surface area contributed by atoms with Gasteiger partial charge in [0, 0.05) is 65.4 Å². The van der Waals surface area contributed by atoms with Crippen LogP contribution in [-0.4, -0.2) is 260 Å². The number of hydrogen-bond donors (Lipinski definition) is 10. The lowest BCUT2D eigenvalue weighted by Gasteiger charge is -2.43. The molecule has 0 aromatic carbocycles. The Morgan fingerprint density at radius 3 is 1.46 bits per heavy atom. The second kappa shape index (κ2) is 51.9. The Kier molecular flexibility index (Phi) is 59.0. The zero-order chi connectivity index (χ0) is 47.8. The van der Waals surface area contributed by atoms with E-state index >= 15 is 0 Å². The summed E-state index contributed by atoms with van der Waals surface area (Å²) >= 11 is 0. The molecule has 18 heteroatoms. The minimum Gasteiger partial charge on any atom is -0.395 e. The van der Waals surface area contributed by atoms with E-state index in [1.54, 1.807) is 7.05 Å². The minimum absolute atomic E-state index is 0.00299. The molecule has 0 spiro atoms. The van der Waals surface area contributed by atoms with Gasteiger partial charge in [-0.3, -0.25) is 9.80 Å². The molecular weight excluding hydrogens is 787 g/mol. The van der Waals surface area contributed by atoms with E-state index in [4.69, 9.17) is 62.1 Å². The van der Waals surface area contributed by atoms with Crippen LogP contribution in [-0.2, 0) is 14.2 Å². The third-order valence-electron chi connectivity index (χ3n) is 10.2. The highest BCUT2D eigenvalue weighted by Crippen LogP contribution is 2.36.